The Kier molecular flexibility index (Phi) is 12.6. The van der Waals surface area contributed by atoms with Crippen molar-refractivity contribution in [3.05, 3.63) is 0 Å². The van der Waals surface area contributed by atoms with Crippen molar-refractivity contribution in [2.24, 2.45) is 0 Å². The fraction of sp³-hybridized carbons (Fsp3) is 0.833. The van der Waals surface area contributed by atoms with Crippen LogP contribution in [0, 0.1) is 0 Å². The maximum absolute atomic E-state index is 8.83. The van der Waals surface area contributed by atoms with Gasteiger partial charge in [0.1, 0.15) is 0 Å². The van der Waals surface area contributed by atoms with Crippen LogP contribution >= 0.6 is 0 Å². The van der Waals surface area contributed by atoms with E-state index in [1.165, 1.54) is 0 Å². The number of rotatable bonds is 1. The molecule has 0 bridgehead atoms. The van der Waals surface area contributed by atoms with E-state index in [2.05, 4.69) is 0 Å². The van der Waals surface area contributed by atoms with E-state index in [0.29, 0.717) is 0 Å². The zero-order chi connectivity index (χ0) is 8.78. The molecule has 11 heavy (non-hydrogen) atoms. The molecule has 0 aliphatic carbocycles. The number of carboxylic acid groups (broad SMARTS) is 2. The van der Waals surface area contributed by atoms with Gasteiger partial charge in [-0.1, -0.05) is 6.92 Å². The Hall–Kier alpha value is -0.0297. The molecule has 1 radical (unpaired) electrons. The summed E-state index contributed by atoms with van der Waals surface area (Å²) < 4.78 is 0. The summed E-state index contributed by atoms with van der Waals surface area (Å²) in [5.74, 6) is 0. The zero-order valence-corrected chi connectivity index (χ0v) is 8.16. The Morgan fingerprint density at radius 2 is 1.55 bits per heavy atom. The van der Waals surface area contributed by atoms with Crippen molar-refractivity contribution in [1.29, 1.82) is 0 Å². The average molecular weight is 256 g/mol. The van der Waals surface area contributed by atoms with Crippen molar-refractivity contribution in [2.75, 3.05) is 0 Å². The Balaban J connectivity index is -0.000000114. The topological polar surface area (TPSA) is 83.4 Å². The largest absolute Gasteiger partial charge is 0.652 e. The van der Waals surface area contributed by atoms with Crippen LogP contribution in [0.15, 0.2) is 0 Å². The number of aliphatic hydroxyl groups is 1. The molecule has 0 aromatic heterocycles. The van der Waals surface area contributed by atoms with Crippen molar-refractivity contribution in [3.63, 3.8) is 0 Å². The van der Waals surface area contributed by atoms with Gasteiger partial charge < -0.3 is 20.1 Å². The van der Waals surface area contributed by atoms with Crippen LogP contribution in [0.25, 0.3) is 0 Å². The van der Waals surface area contributed by atoms with Crippen LogP contribution in [0.1, 0.15) is 27.2 Å². The van der Waals surface area contributed by atoms with Gasteiger partial charge in [0.2, 0.25) is 0 Å². The third-order valence-corrected chi connectivity index (χ3v) is 0.865. The SMILES string of the molecule is CCC(C)(C)O.O=C([O-])[O-].[Ag]. The maximum atomic E-state index is 8.83. The van der Waals surface area contributed by atoms with E-state index in [1.807, 2.05) is 6.92 Å². The summed E-state index contributed by atoms with van der Waals surface area (Å²) >= 11 is 0. The van der Waals surface area contributed by atoms with Crippen LogP contribution in [0.2, 0.25) is 0 Å². The number of hydrogen-bond acceptors (Lipinski definition) is 4. The minimum atomic E-state index is -2.33. The van der Waals surface area contributed by atoms with Crippen LogP contribution in [-0.2, 0) is 22.4 Å². The molecule has 0 saturated heterocycles. The van der Waals surface area contributed by atoms with Gasteiger partial charge in [-0.15, -0.1) is 0 Å². The molecule has 0 aliphatic heterocycles. The first-order chi connectivity index (χ1) is 4.29. The van der Waals surface area contributed by atoms with E-state index in [-0.39, 0.29) is 22.4 Å². The van der Waals surface area contributed by atoms with E-state index >= 15 is 0 Å². The fourth-order valence-electron chi connectivity index (χ4n) is 0. The van der Waals surface area contributed by atoms with E-state index in [1.54, 1.807) is 13.8 Å². The Labute approximate surface area is 81.7 Å². The zero-order valence-electron chi connectivity index (χ0n) is 6.68. The van der Waals surface area contributed by atoms with Gasteiger partial charge in [-0.05, 0) is 26.4 Å². The summed E-state index contributed by atoms with van der Waals surface area (Å²) in [5.41, 5.74) is -0.458. The molecular weight excluding hydrogens is 244 g/mol. The standard InChI is InChI=1S/C5H12O.CH2O3.Ag/c1-4-5(2,3)6;2-1(3)4;/h6H,4H2,1-3H3;(H2,2,3,4);/p-2. The van der Waals surface area contributed by atoms with Gasteiger partial charge in [0, 0.05) is 22.4 Å². The molecule has 0 unspecified atom stereocenters. The second-order valence-electron chi connectivity index (χ2n) is 2.42. The van der Waals surface area contributed by atoms with Crippen molar-refractivity contribution < 1.29 is 42.5 Å². The Bertz CT molecular complexity index is 93.2. The van der Waals surface area contributed by atoms with Crippen molar-refractivity contribution >= 4 is 6.16 Å². The van der Waals surface area contributed by atoms with Gasteiger partial charge in [-0.3, -0.25) is 0 Å². The summed E-state index contributed by atoms with van der Waals surface area (Å²) in [4.78, 5) is 8.33. The molecular formula is C6H12AgO4-2. The number of hydrogen-bond donors (Lipinski definition) is 1. The molecule has 5 heteroatoms. The maximum Gasteiger partial charge on any atom is 0.0589 e. The first kappa shape index (κ1) is 17.2. The van der Waals surface area contributed by atoms with Crippen LogP contribution in [-0.4, -0.2) is 16.9 Å². The van der Waals surface area contributed by atoms with Crippen molar-refractivity contribution in [1.82, 2.24) is 0 Å². The van der Waals surface area contributed by atoms with Crippen molar-refractivity contribution in [2.45, 2.75) is 32.8 Å². The quantitative estimate of drug-likeness (QED) is 0.592. The predicted molar refractivity (Wildman–Crippen MR) is 32.0 cm³/mol. The van der Waals surface area contributed by atoms with E-state index in [4.69, 9.17) is 20.1 Å². The molecule has 4 nitrogen and oxygen atoms in total. The molecule has 0 spiro atoms. The smallest absolute Gasteiger partial charge is 0.0589 e. The van der Waals surface area contributed by atoms with Gasteiger partial charge in [-0.2, -0.15) is 0 Å². The van der Waals surface area contributed by atoms with Crippen LogP contribution < -0.4 is 10.2 Å². The first-order valence-electron chi connectivity index (χ1n) is 2.90. The molecule has 0 saturated carbocycles. The van der Waals surface area contributed by atoms with E-state index in [0.717, 1.165) is 6.42 Å². The summed E-state index contributed by atoms with van der Waals surface area (Å²) in [5, 5.41) is 25.5. The van der Waals surface area contributed by atoms with Gasteiger partial charge >= 0.3 is 0 Å². The summed E-state index contributed by atoms with van der Waals surface area (Å²) in [6.07, 6.45) is -1.51. The second kappa shape index (κ2) is 8.07. The fourth-order valence-corrected chi connectivity index (χ4v) is 0. The number of carbonyl (C=O) groups excluding carboxylic acids is 1. The van der Waals surface area contributed by atoms with Crippen LogP contribution in [0.5, 0.6) is 0 Å². The van der Waals surface area contributed by atoms with E-state index < -0.39 is 11.8 Å². The minimum absolute atomic E-state index is 0. The molecule has 0 rings (SSSR count). The molecule has 0 amide bonds. The van der Waals surface area contributed by atoms with Gasteiger partial charge in [0.15, 0.2) is 0 Å². The molecule has 0 aromatic carbocycles. The van der Waals surface area contributed by atoms with Crippen molar-refractivity contribution in [3.8, 4) is 0 Å². The molecule has 0 aromatic rings. The van der Waals surface area contributed by atoms with Crippen LogP contribution in [0.4, 0.5) is 4.79 Å². The van der Waals surface area contributed by atoms with Gasteiger partial charge in [0.25, 0.3) is 0 Å². The monoisotopic (exact) mass is 255 g/mol. The summed E-state index contributed by atoms with van der Waals surface area (Å²) in [7, 11) is 0. The summed E-state index contributed by atoms with van der Waals surface area (Å²) in [6, 6.07) is 0. The normalized spacial score (nSPS) is 8.73. The molecule has 0 aliphatic rings. The third-order valence-electron chi connectivity index (χ3n) is 0.865. The summed E-state index contributed by atoms with van der Waals surface area (Å²) in [6.45, 7) is 5.56. The van der Waals surface area contributed by atoms with Crippen LogP contribution in [0.3, 0.4) is 0 Å². The third kappa shape index (κ3) is 71.8. The second-order valence-corrected chi connectivity index (χ2v) is 2.42. The Morgan fingerprint density at radius 1 is 1.45 bits per heavy atom. The predicted octanol–water partition coefficient (Wildman–Crippen LogP) is -1.28. The first-order valence-corrected chi connectivity index (χ1v) is 2.90. The molecule has 0 atom stereocenters. The minimum Gasteiger partial charge on any atom is -0.652 e. The van der Waals surface area contributed by atoms with Gasteiger partial charge in [-0.25, -0.2) is 0 Å². The number of carbonyl (C=O) groups is 1. The molecule has 1 N–H and O–H groups in total. The van der Waals surface area contributed by atoms with Gasteiger partial charge in [0.05, 0.1) is 5.60 Å². The Morgan fingerprint density at radius 3 is 1.55 bits per heavy atom. The molecule has 73 valence electrons. The average Bonchev–Trinajstić information content (AvgIpc) is 1.63. The molecule has 0 fully saturated rings. The molecule has 0 heterocycles. The van der Waals surface area contributed by atoms with E-state index in [9.17, 15) is 0 Å².